The molecule has 16 fully saturated rings. The lowest BCUT2D eigenvalue weighted by atomic mass is 9.49. The second-order valence-electron chi connectivity index (χ2n) is 46.6. The minimum absolute atomic E-state index is 0.0235. The van der Waals surface area contributed by atoms with Gasteiger partial charge < -0.3 is 20.4 Å². The Labute approximate surface area is 708 Å². The highest BCUT2D eigenvalue weighted by Crippen LogP contribution is 2.70. The molecule has 0 saturated heterocycles. The predicted octanol–water partition coefficient (Wildman–Crippen LogP) is 20.0. The Hall–Kier alpha value is -4.90. The van der Waals surface area contributed by atoms with Gasteiger partial charge in [0.1, 0.15) is 5.69 Å². The minimum Gasteiger partial charge on any atom is -0.390 e. The summed E-state index contributed by atoms with van der Waals surface area (Å²) < 4.78 is 7.40. The molecule has 16 nitrogen and oxygen atoms in total. The number of fused-ring (bicyclic) bond motifs is 20. The van der Waals surface area contributed by atoms with E-state index in [0.29, 0.717) is 54.0 Å². The SMILES string of the molecule is C=C(Cn1ccc(C(C)=O)n1)[C@H]1CC[C@H]2[C@@H]3CC[C@@H]4C[C@](C)(O)CC[C@@H]4[C@H]3CC[C@]12C.Cc1cnn(CC(=O)[C@H]2CC[C@H]3[C@@H]4CC[C@@H]5C[C@](C)(O)CC[C@@H]5[C@H]4CC[C@]23C)c1.Cc1cnn(CC(=O)[C@H]2CC[C@H]3[C@@H]4CC[C@@H]5C[C@](C)(O)CC[C@@H]5[C@H]4CC[C@]23C)c1.Cc1cnn(CC(=O)[C@H]2CC[C@H]3[C@@H]4CC[C@@H]5C[C@](C)(O)CC[C@@H]5[C@H]4CC[C@]23C)c1. The molecule has 16 aliphatic carbocycles. The van der Waals surface area contributed by atoms with E-state index in [1.807, 2.05) is 110 Å². The van der Waals surface area contributed by atoms with E-state index in [9.17, 15) is 39.6 Å². The van der Waals surface area contributed by atoms with Crippen LogP contribution < -0.4 is 0 Å². The number of carbonyl (C=O) groups excluding carboxylic acids is 4. The van der Waals surface area contributed by atoms with E-state index in [0.717, 1.165) is 212 Å². The number of aliphatic hydroxyl groups is 4. The molecule has 4 heterocycles. The number of rotatable bonds is 13. The Morgan fingerprint density at radius 2 is 0.619 bits per heavy atom. The summed E-state index contributed by atoms with van der Waals surface area (Å²) in [6.07, 6.45) is 56.5. The van der Waals surface area contributed by atoms with Crippen LogP contribution in [0.2, 0.25) is 0 Å². The summed E-state index contributed by atoms with van der Waals surface area (Å²) in [4.78, 5) is 51.4. The number of nitrogens with zero attached hydrogens (tertiary/aromatic N) is 8. The van der Waals surface area contributed by atoms with Crippen molar-refractivity contribution in [2.24, 2.45) is 164 Å². The van der Waals surface area contributed by atoms with Crippen molar-refractivity contribution in [3.63, 3.8) is 0 Å². The van der Waals surface area contributed by atoms with Crippen molar-refractivity contribution in [3.8, 4) is 0 Å². The molecule has 4 aromatic heterocycles. The molecule has 16 aliphatic rings. The molecule has 118 heavy (non-hydrogen) atoms. The Bertz CT molecular complexity index is 3980. The van der Waals surface area contributed by atoms with Gasteiger partial charge in [-0.2, -0.15) is 20.4 Å². The largest absolute Gasteiger partial charge is 0.390 e. The monoisotopic (exact) mass is 1620 g/mol. The summed E-state index contributed by atoms with van der Waals surface area (Å²) in [5.41, 5.74) is 4.40. The van der Waals surface area contributed by atoms with Gasteiger partial charge in [-0.1, -0.05) is 39.8 Å². The summed E-state index contributed by atoms with van der Waals surface area (Å²) in [5.74, 6) is 18.3. The van der Waals surface area contributed by atoms with Crippen molar-refractivity contribution >= 4 is 23.1 Å². The van der Waals surface area contributed by atoms with E-state index in [1.54, 1.807) is 6.92 Å². The van der Waals surface area contributed by atoms with Crippen molar-refractivity contribution in [1.29, 1.82) is 0 Å². The zero-order valence-corrected chi connectivity index (χ0v) is 75.0. The maximum absolute atomic E-state index is 13.3. The third-order valence-electron chi connectivity index (χ3n) is 39.2. The molecular weight excluding hydrogens is 1470 g/mol. The van der Waals surface area contributed by atoms with Crippen LogP contribution in [0.25, 0.3) is 0 Å². The molecule has 32 atom stereocenters. The number of carbonyl (C=O) groups is 4. The third kappa shape index (κ3) is 16.3. The summed E-state index contributed by atoms with van der Waals surface area (Å²) >= 11 is 0. The lowest BCUT2D eigenvalue weighted by Gasteiger charge is -2.57. The van der Waals surface area contributed by atoms with Crippen LogP contribution in [-0.2, 0) is 40.6 Å². The van der Waals surface area contributed by atoms with Gasteiger partial charge in [0.25, 0.3) is 0 Å². The normalized spacial score (nSPS) is 46.0. The van der Waals surface area contributed by atoms with Crippen LogP contribution in [-0.4, -0.2) is 105 Å². The number of allylic oxidation sites excluding steroid dienone is 1. The van der Waals surface area contributed by atoms with Crippen molar-refractivity contribution < 1.29 is 39.6 Å². The fourth-order valence-electron chi connectivity index (χ4n) is 34.0. The zero-order valence-electron chi connectivity index (χ0n) is 75.0. The standard InChI is InChI=1S/C27H40N2O2.3C25H38N2O2/c1-17(16-29-14-11-25(28-29)18(2)30)23-7-8-24-22-6-5-19-15-26(3,31)12-9-20(19)21(22)10-13-27(23,24)4;3*1-16-13-26-27(14-16)15-23(28)22-7-6-21-20-5-4-17-12-24(2,29)10-8-18(17)19(20)9-11-25(21,22)3/h11,14,19-24,31H,1,5-10,12-13,15-16H2,2-4H3;3*13-14,17-22,29H,4-12,15H2,1-3H3/t19-,20+,21-,22-,23-,24+,26-,27-;3*17-,18+,19-,20-,21+,22-,24-,25+/m1111/s1. The van der Waals surface area contributed by atoms with Gasteiger partial charge >= 0.3 is 0 Å². The molecule has 0 radical (unpaired) electrons. The van der Waals surface area contributed by atoms with Crippen LogP contribution >= 0.6 is 0 Å². The smallest absolute Gasteiger partial charge is 0.179 e. The highest BCUT2D eigenvalue weighted by molar-refractivity contribution is 5.92. The van der Waals surface area contributed by atoms with E-state index in [1.165, 1.54) is 166 Å². The maximum atomic E-state index is 13.3. The molecule has 0 bridgehead atoms. The fraction of sp³-hybridized carbons (Fsp3) is 0.824. The molecule has 4 N–H and O–H groups in total. The quantitative estimate of drug-likeness (QED) is 0.0725. The van der Waals surface area contributed by atoms with Crippen molar-refractivity contribution in [2.75, 3.05) is 0 Å². The first-order chi connectivity index (χ1) is 56.0. The van der Waals surface area contributed by atoms with Gasteiger partial charge in [0.2, 0.25) is 0 Å². The van der Waals surface area contributed by atoms with Crippen LogP contribution in [0.5, 0.6) is 0 Å². The minimum atomic E-state index is -0.438. The number of hydrogen-bond acceptors (Lipinski definition) is 12. The number of hydrogen-bond donors (Lipinski definition) is 4. The Morgan fingerprint density at radius 3 is 0.881 bits per heavy atom. The van der Waals surface area contributed by atoms with E-state index in [4.69, 9.17) is 0 Å². The molecule has 0 aromatic carbocycles. The highest BCUT2D eigenvalue weighted by atomic mass is 16.3. The van der Waals surface area contributed by atoms with Crippen LogP contribution in [0.3, 0.4) is 0 Å². The Morgan fingerprint density at radius 1 is 0.347 bits per heavy atom. The molecule has 16 saturated carbocycles. The average molecular weight is 1620 g/mol. The molecule has 20 rings (SSSR count). The topological polar surface area (TPSA) is 220 Å². The first kappa shape index (κ1) is 85.3. The number of aromatic nitrogens is 8. The first-order valence-corrected chi connectivity index (χ1v) is 48.6. The van der Waals surface area contributed by atoms with Gasteiger partial charge in [0.15, 0.2) is 23.1 Å². The van der Waals surface area contributed by atoms with Crippen molar-refractivity contribution in [2.45, 2.75) is 363 Å². The van der Waals surface area contributed by atoms with Gasteiger partial charge in [0, 0.05) is 49.5 Å². The first-order valence-electron chi connectivity index (χ1n) is 48.6. The number of ketones is 4. The van der Waals surface area contributed by atoms with E-state index in [-0.39, 0.29) is 39.8 Å². The summed E-state index contributed by atoms with van der Waals surface area (Å²) in [7, 11) is 0. The average Bonchev–Trinajstić information content (AvgIpc) is 1.54. The molecule has 650 valence electrons. The molecule has 0 aliphatic heterocycles. The molecule has 4 aromatic rings. The highest BCUT2D eigenvalue weighted by Gasteiger charge is 2.64. The van der Waals surface area contributed by atoms with E-state index < -0.39 is 22.4 Å². The van der Waals surface area contributed by atoms with Gasteiger partial charge in [-0.3, -0.25) is 37.9 Å². The number of aryl methyl sites for hydroxylation is 3. The predicted molar refractivity (Wildman–Crippen MR) is 462 cm³/mol. The summed E-state index contributed by atoms with van der Waals surface area (Å²) in [5, 5.41) is 59.8. The Balaban J connectivity index is 0.000000113. The molecule has 16 heteroatoms. The second-order valence-corrected chi connectivity index (χ2v) is 46.6. The zero-order chi connectivity index (χ0) is 83.1. The summed E-state index contributed by atoms with van der Waals surface area (Å²) in [6, 6.07) is 1.82. The van der Waals surface area contributed by atoms with Crippen LogP contribution in [0, 0.1) is 184 Å². The maximum Gasteiger partial charge on any atom is 0.179 e. The van der Waals surface area contributed by atoms with Gasteiger partial charge in [-0.25, -0.2) is 0 Å². The van der Waals surface area contributed by atoms with Crippen LogP contribution in [0.4, 0.5) is 0 Å². The molecule has 0 spiro atoms. The van der Waals surface area contributed by atoms with Crippen molar-refractivity contribution in [1.82, 2.24) is 39.1 Å². The summed E-state index contributed by atoms with van der Waals surface area (Å²) in [6.45, 7) is 32.3. The van der Waals surface area contributed by atoms with E-state index >= 15 is 0 Å². The van der Waals surface area contributed by atoms with Gasteiger partial charge in [0.05, 0.1) is 67.2 Å². The lowest BCUT2D eigenvalue weighted by Crippen LogP contribution is -2.51. The van der Waals surface area contributed by atoms with E-state index in [2.05, 4.69) is 61.6 Å². The van der Waals surface area contributed by atoms with Crippen LogP contribution in [0.1, 0.15) is 321 Å². The lowest BCUT2D eigenvalue weighted by molar-refractivity contribution is -0.133. The third-order valence-corrected chi connectivity index (χ3v) is 39.2. The molecule has 0 amide bonds. The van der Waals surface area contributed by atoms with Crippen molar-refractivity contribution in [3.05, 3.63) is 84.0 Å². The number of Topliss-reactive ketones (excluding diaryl/α,β-unsaturated/α-hetero) is 4. The van der Waals surface area contributed by atoms with Gasteiger partial charge in [-0.05, 0) is 448 Å². The Kier molecular flexibility index (Phi) is 23.5. The van der Waals surface area contributed by atoms with Crippen LogP contribution in [0.15, 0.2) is 61.6 Å². The van der Waals surface area contributed by atoms with Gasteiger partial charge in [-0.15, -0.1) is 0 Å². The fourth-order valence-corrected chi connectivity index (χ4v) is 34.0. The molecule has 0 unspecified atom stereocenters. The molecular formula is C102H154N8O8. The second kappa shape index (κ2) is 32.6.